The van der Waals surface area contributed by atoms with Gasteiger partial charge in [-0.25, -0.2) is 0 Å². The van der Waals surface area contributed by atoms with Crippen LogP contribution >= 0.6 is 11.9 Å². The van der Waals surface area contributed by atoms with E-state index >= 15 is 0 Å². The summed E-state index contributed by atoms with van der Waals surface area (Å²) >= 11 is 1.16. The normalized spacial score (nSPS) is 10.7. The van der Waals surface area contributed by atoms with Crippen molar-refractivity contribution in [1.29, 1.82) is 0 Å². The number of nitrogen functional groups attached to an aromatic ring is 1. The second-order valence-corrected chi connectivity index (χ2v) is 3.53. The zero-order valence-electron chi connectivity index (χ0n) is 7.24. The number of hydrogen-bond acceptors (Lipinski definition) is 4. The summed E-state index contributed by atoms with van der Waals surface area (Å²) in [5.41, 5.74) is 7.41. The Morgan fingerprint density at radius 1 is 1.50 bits per heavy atom. The molecular formula is C8H13N3S. The largest absolute Gasteiger partial charge is 0.398 e. The lowest BCUT2D eigenvalue weighted by Crippen LogP contribution is -2.01. The maximum absolute atomic E-state index is 5.73. The van der Waals surface area contributed by atoms with Gasteiger partial charge in [-0.05, 0) is 23.9 Å². The minimum atomic E-state index is 0.361. The predicted molar refractivity (Wildman–Crippen MR) is 52.8 cm³/mol. The first kappa shape index (κ1) is 9.35. The number of aromatic nitrogens is 1. The van der Waals surface area contributed by atoms with E-state index in [0.717, 1.165) is 22.5 Å². The quantitative estimate of drug-likeness (QED) is 0.686. The first-order chi connectivity index (χ1) is 5.66. The van der Waals surface area contributed by atoms with Crippen molar-refractivity contribution in [3.63, 3.8) is 0 Å². The van der Waals surface area contributed by atoms with Gasteiger partial charge in [0.05, 0.1) is 10.6 Å². The van der Waals surface area contributed by atoms with Crippen molar-refractivity contribution in [2.24, 2.45) is 5.14 Å². The molecule has 4 heteroatoms. The van der Waals surface area contributed by atoms with E-state index in [-0.39, 0.29) is 0 Å². The predicted octanol–water partition coefficient (Wildman–Crippen LogP) is 1.75. The first-order valence-corrected chi connectivity index (χ1v) is 4.66. The van der Waals surface area contributed by atoms with E-state index in [1.807, 2.05) is 0 Å². The Labute approximate surface area is 76.7 Å². The standard InChI is InChI=1S/C8H13N3S/c1-5(2)7-8(12-10)6(9)3-4-11-7/h3-5H,10H2,1-2H3,(H2,9,11). The van der Waals surface area contributed by atoms with Crippen molar-refractivity contribution in [1.82, 2.24) is 4.98 Å². The molecule has 12 heavy (non-hydrogen) atoms. The summed E-state index contributed by atoms with van der Waals surface area (Å²) in [4.78, 5) is 5.12. The second-order valence-electron chi connectivity index (χ2n) is 2.89. The minimum Gasteiger partial charge on any atom is -0.398 e. The molecule has 0 radical (unpaired) electrons. The molecule has 0 aromatic carbocycles. The molecule has 0 aliphatic carbocycles. The molecule has 0 unspecified atom stereocenters. The number of nitrogens with two attached hydrogens (primary N) is 2. The summed E-state index contributed by atoms with van der Waals surface area (Å²) in [6.45, 7) is 4.14. The number of pyridine rings is 1. The van der Waals surface area contributed by atoms with Crippen molar-refractivity contribution in [2.75, 3.05) is 5.73 Å². The van der Waals surface area contributed by atoms with Gasteiger partial charge in [0.1, 0.15) is 0 Å². The fourth-order valence-corrected chi connectivity index (χ4v) is 1.63. The summed E-state index contributed by atoms with van der Waals surface area (Å²) < 4.78 is 0. The molecule has 0 saturated carbocycles. The monoisotopic (exact) mass is 183 g/mol. The molecule has 0 saturated heterocycles. The molecule has 1 heterocycles. The van der Waals surface area contributed by atoms with Crippen molar-refractivity contribution >= 4 is 17.6 Å². The summed E-state index contributed by atoms with van der Waals surface area (Å²) in [5.74, 6) is 0.361. The Bertz CT molecular complexity index is 273. The molecule has 0 spiro atoms. The van der Waals surface area contributed by atoms with Gasteiger partial charge in [0.25, 0.3) is 0 Å². The molecule has 3 nitrogen and oxygen atoms in total. The highest BCUT2D eigenvalue weighted by atomic mass is 32.2. The fourth-order valence-electron chi connectivity index (χ4n) is 1.02. The van der Waals surface area contributed by atoms with Crippen LogP contribution in [-0.2, 0) is 0 Å². The van der Waals surface area contributed by atoms with E-state index in [1.165, 1.54) is 0 Å². The fraction of sp³-hybridized carbons (Fsp3) is 0.375. The van der Waals surface area contributed by atoms with Crippen LogP contribution in [0.2, 0.25) is 0 Å². The third kappa shape index (κ3) is 1.70. The van der Waals surface area contributed by atoms with Crippen molar-refractivity contribution in [3.8, 4) is 0 Å². The first-order valence-electron chi connectivity index (χ1n) is 3.78. The van der Waals surface area contributed by atoms with E-state index in [9.17, 15) is 0 Å². The number of anilines is 1. The minimum absolute atomic E-state index is 0.361. The SMILES string of the molecule is CC(C)c1nccc(N)c1SN. The maximum atomic E-state index is 5.73. The van der Waals surface area contributed by atoms with Crippen LogP contribution in [-0.4, -0.2) is 4.98 Å². The molecule has 4 N–H and O–H groups in total. The van der Waals surface area contributed by atoms with Crippen molar-refractivity contribution < 1.29 is 0 Å². The Morgan fingerprint density at radius 3 is 2.58 bits per heavy atom. The topological polar surface area (TPSA) is 64.9 Å². The molecule has 66 valence electrons. The zero-order valence-corrected chi connectivity index (χ0v) is 8.06. The van der Waals surface area contributed by atoms with Crippen LogP contribution in [0.5, 0.6) is 0 Å². The highest BCUT2D eigenvalue weighted by molar-refractivity contribution is 7.97. The summed E-state index contributed by atoms with van der Waals surface area (Å²) in [6, 6.07) is 1.76. The van der Waals surface area contributed by atoms with E-state index in [0.29, 0.717) is 11.6 Å². The average Bonchev–Trinajstić information content (AvgIpc) is 2.03. The van der Waals surface area contributed by atoms with Gasteiger partial charge in [-0.1, -0.05) is 13.8 Å². The lowest BCUT2D eigenvalue weighted by atomic mass is 10.1. The molecule has 0 atom stereocenters. The number of nitrogens with zero attached hydrogens (tertiary/aromatic N) is 1. The van der Waals surface area contributed by atoms with Crippen LogP contribution < -0.4 is 10.9 Å². The van der Waals surface area contributed by atoms with E-state index in [4.69, 9.17) is 10.9 Å². The molecular weight excluding hydrogens is 170 g/mol. The van der Waals surface area contributed by atoms with Crippen LogP contribution in [0.25, 0.3) is 0 Å². The Hall–Kier alpha value is -0.740. The molecule has 0 aliphatic rings. The summed E-state index contributed by atoms with van der Waals surface area (Å²) in [5, 5.41) is 5.49. The molecule has 0 amide bonds. The van der Waals surface area contributed by atoms with Crippen LogP contribution in [0.15, 0.2) is 17.2 Å². The van der Waals surface area contributed by atoms with Gasteiger partial charge in [-0.3, -0.25) is 10.1 Å². The smallest absolute Gasteiger partial charge is 0.0673 e. The Morgan fingerprint density at radius 2 is 2.17 bits per heavy atom. The van der Waals surface area contributed by atoms with E-state index in [1.54, 1.807) is 12.3 Å². The molecule has 0 fully saturated rings. The van der Waals surface area contributed by atoms with Gasteiger partial charge >= 0.3 is 0 Å². The van der Waals surface area contributed by atoms with Crippen LogP contribution in [0.1, 0.15) is 25.5 Å². The summed E-state index contributed by atoms with van der Waals surface area (Å²) in [6.07, 6.45) is 1.71. The Kier molecular flexibility index (Phi) is 2.94. The highest BCUT2D eigenvalue weighted by Gasteiger charge is 2.09. The Balaban J connectivity index is 3.18. The number of rotatable bonds is 2. The molecule has 1 rings (SSSR count). The van der Waals surface area contributed by atoms with E-state index in [2.05, 4.69) is 18.8 Å². The van der Waals surface area contributed by atoms with Crippen LogP contribution in [0, 0.1) is 0 Å². The van der Waals surface area contributed by atoms with Gasteiger partial charge in [0.2, 0.25) is 0 Å². The summed E-state index contributed by atoms with van der Waals surface area (Å²) in [7, 11) is 0. The van der Waals surface area contributed by atoms with Crippen LogP contribution in [0.4, 0.5) is 5.69 Å². The van der Waals surface area contributed by atoms with Gasteiger partial charge in [-0.15, -0.1) is 0 Å². The van der Waals surface area contributed by atoms with Gasteiger partial charge in [0, 0.05) is 11.9 Å². The molecule has 1 aromatic rings. The molecule has 0 aliphatic heterocycles. The average molecular weight is 183 g/mol. The number of hydrogen-bond donors (Lipinski definition) is 2. The lowest BCUT2D eigenvalue weighted by Gasteiger charge is -2.10. The molecule has 0 bridgehead atoms. The van der Waals surface area contributed by atoms with Gasteiger partial charge < -0.3 is 5.73 Å². The van der Waals surface area contributed by atoms with Gasteiger partial charge in [0.15, 0.2) is 0 Å². The van der Waals surface area contributed by atoms with Gasteiger partial charge in [-0.2, -0.15) is 0 Å². The van der Waals surface area contributed by atoms with Crippen LogP contribution in [0.3, 0.4) is 0 Å². The third-order valence-corrected chi connectivity index (χ3v) is 2.31. The highest BCUT2D eigenvalue weighted by Crippen LogP contribution is 2.28. The third-order valence-electron chi connectivity index (χ3n) is 1.63. The van der Waals surface area contributed by atoms with E-state index < -0.39 is 0 Å². The lowest BCUT2D eigenvalue weighted by molar-refractivity contribution is 0.797. The maximum Gasteiger partial charge on any atom is 0.0673 e. The van der Waals surface area contributed by atoms with Crippen molar-refractivity contribution in [3.05, 3.63) is 18.0 Å². The van der Waals surface area contributed by atoms with Crippen molar-refractivity contribution in [2.45, 2.75) is 24.7 Å². The second kappa shape index (κ2) is 3.78. The zero-order chi connectivity index (χ0) is 9.14. The molecule has 1 aromatic heterocycles.